The van der Waals surface area contributed by atoms with Crippen LogP contribution in [0.25, 0.3) is 5.82 Å². The molecule has 168 valence electrons. The number of hydrogen-bond acceptors (Lipinski definition) is 5. The second kappa shape index (κ2) is 9.98. The Morgan fingerprint density at radius 2 is 2.03 bits per heavy atom. The first kappa shape index (κ1) is 24.2. The molecule has 10 heteroatoms. The van der Waals surface area contributed by atoms with Gasteiger partial charge in [-0.3, -0.25) is 19.0 Å². The lowest BCUT2D eigenvalue weighted by Gasteiger charge is -2.20. The summed E-state index contributed by atoms with van der Waals surface area (Å²) in [5, 5.41) is 12.5. The normalized spacial score (nSPS) is 10.4. The quantitative estimate of drug-likeness (QED) is 0.511. The zero-order chi connectivity index (χ0) is 24.3. The minimum absolute atomic E-state index is 0.101. The number of aryl methyl sites for hydroxylation is 1. The van der Waals surface area contributed by atoms with Gasteiger partial charge in [-0.1, -0.05) is 11.6 Å². The fourth-order valence-electron chi connectivity index (χ4n) is 3.31. The molecule has 0 spiro atoms. The third kappa shape index (κ3) is 5.30. The number of nitrogens with zero attached hydrogens (tertiary/aromatic N) is 4. The molecule has 0 aliphatic heterocycles. The highest BCUT2D eigenvalue weighted by Crippen LogP contribution is 2.28. The van der Waals surface area contributed by atoms with E-state index in [1.807, 2.05) is 6.07 Å². The fraction of sp³-hybridized carbons (Fsp3) is 0.174. The average Bonchev–Trinajstić information content (AvgIpc) is 3.15. The molecule has 1 aromatic carbocycles. The van der Waals surface area contributed by atoms with Crippen LogP contribution in [0.1, 0.15) is 38.9 Å². The van der Waals surface area contributed by atoms with Gasteiger partial charge in [0.05, 0.1) is 34.5 Å². The van der Waals surface area contributed by atoms with Gasteiger partial charge in [-0.2, -0.15) is 5.26 Å². The third-order valence-corrected chi connectivity index (χ3v) is 5.46. The molecule has 0 bridgehead atoms. The Labute approximate surface area is 203 Å². The van der Waals surface area contributed by atoms with Gasteiger partial charge in [0.15, 0.2) is 5.82 Å². The van der Waals surface area contributed by atoms with Crippen molar-refractivity contribution in [2.75, 3.05) is 18.9 Å². The van der Waals surface area contributed by atoms with E-state index in [2.05, 4.69) is 26.2 Å². The summed E-state index contributed by atoms with van der Waals surface area (Å²) >= 11 is 9.64. The number of anilines is 1. The molecule has 0 aliphatic carbocycles. The summed E-state index contributed by atoms with van der Waals surface area (Å²) in [4.78, 5) is 43.3. The molecule has 0 saturated carbocycles. The zero-order valence-corrected chi connectivity index (χ0v) is 20.4. The number of rotatable bonds is 6. The van der Waals surface area contributed by atoms with Crippen molar-refractivity contribution in [3.63, 3.8) is 0 Å². The first-order chi connectivity index (χ1) is 15.6. The van der Waals surface area contributed by atoms with Crippen molar-refractivity contribution in [2.45, 2.75) is 13.8 Å². The van der Waals surface area contributed by atoms with Crippen molar-refractivity contribution in [1.29, 1.82) is 5.26 Å². The number of nitrogens with one attached hydrogen (secondary N) is 1. The van der Waals surface area contributed by atoms with Crippen LogP contribution in [0.2, 0.25) is 5.02 Å². The number of amides is 2. The van der Waals surface area contributed by atoms with Crippen molar-refractivity contribution in [3.8, 4) is 11.9 Å². The van der Waals surface area contributed by atoms with E-state index in [-0.39, 0.29) is 34.8 Å². The topological polar surface area (TPSA) is 108 Å². The molecule has 0 atom stereocenters. The second-order valence-electron chi connectivity index (χ2n) is 7.37. The van der Waals surface area contributed by atoms with Crippen LogP contribution in [0.4, 0.5) is 5.69 Å². The molecule has 0 unspecified atom stereocenters. The SMILES string of the molecule is CC(=O)CN(C)C(=O)c1cc(C#N)cc(C)c1NC(=O)c1cc(Br)cn1-c1ncccc1Cl. The number of benzene rings is 1. The molecule has 8 nitrogen and oxygen atoms in total. The Kier molecular flexibility index (Phi) is 7.31. The summed E-state index contributed by atoms with van der Waals surface area (Å²) in [7, 11) is 1.48. The van der Waals surface area contributed by atoms with Crippen LogP contribution in [0.5, 0.6) is 0 Å². The van der Waals surface area contributed by atoms with E-state index >= 15 is 0 Å². The van der Waals surface area contributed by atoms with Gasteiger partial charge in [-0.05, 0) is 65.7 Å². The van der Waals surface area contributed by atoms with Crippen molar-refractivity contribution in [2.24, 2.45) is 0 Å². The third-order valence-electron chi connectivity index (χ3n) is 4.73. The Morgan fingerprint density at radius 1 is 1.30 bits per heavy atom. The number of Topliss-reactive ketones (excluding diaryl/α,β-unsaturated/α-hetero) is 1. The highest BCUT2D eigenvalue weighted by atomic mass is 79.9. The molecule has 3 aromatic rings. The Morgan fingerprint density at radius 3 is 2.67 bits per heavy atom. The first-order valence-electron chi connectivity index (χ1n) is 9.72. The van der Waals surface area contributed by atoms with Gasteiger partial charge in [0.25, 0.3) is 11.8 Å². The summed E-state index contributed by atoms with van der Waals surface area (Å²) in [5.41, 5.74) is 1.36. The number of ketones is 1. The molecule has 0 saturated heterocycles. The number of nitriles is 1. The van der Waals surface area contributed by atoms with Crippen molar-refractivity contribution >= 4 is 50.8 Å². The maximum atomic E-state index is 13.3. The lowest BCUT2D eigenvalue weighted by atomic mass is 10.0. The van der Waals surface area contributed by atoms with Gasteiger partial charge in [0.1, 0.15) is 11.5 Å². The fourth-order valence-corrected chi connectivity index (χ4v) is 3.94. The number of halogens is 2. The Hall–Kier alpha value is -3.48. The number of hydrogen-bond donors (Lipinski definition) is 1. The number of aromatic nitrogens is 2. The molecule has 33 heavy (non-hydrogen) atoms. The van der Waals surface area contributed by atoms with E-state index in [1.54, 1.807) is 43.6 Å². The van der Waals surface area contributed by atoms with Crippen LogP contribution in [-0.2, 0) is 4.79 Å². The van der Waals surface area contributed by atoms with E-state index in [9.17, 15) is 19.6 Å². The molecule has 0 radical (unpaired) electrons. The van der Waals surface area contributed by atoms with Crippen molar-refractivity contribution in [1.82, 2.24) is 14.5 Å². The molecule has 2 heterocycles. The standard InChI is InChI=1S/C23H19BrClN5O3/c1-13-7-15(10-26)8-17(23(33)29(3)11-14(2)31)20(13)28-22(32)19-9-16(24)12-30(19)21-18(25)5-4-6-27-21/h4-9,12H,11H2,1-3H3,(H,28,32). The molecule has 0 aliphatic rings. The van der Waals surface area contributed by atoms with Gasteiger partial charge in [-0.15, -0.1) is 0 Å². The minimum Gasteiger partial charge on any atom is -0.334 e. The highest BCUT2D eigenvalue weighted by Gasteiger charge is 2.23. The largest absolute Gasteiger partial charge is 0.334 e. The lowest BCUT2D eigenvalue weighted by Crippen LogP contribution is -2.32. The molecule has 0 fully saturated rings. The van der Waals surface area contributed by atoms with Crippen LogP contribution >= 0.6 is 27.5 Å². The van der Waals surface area contributed by atoms with E-state index < -0.39 is 11.8 Å². The predicted molar refractivity (Wildman–Crippen MR) is 128 cm³/mol. The number of carbonyl (C=O) groups excluding carboxylic acids is 3. The average molecular weight is 529 g/mol. The monoisotopic (exact) mass is 527 g/mol. The lowest BCUT2D eigenvalue weighted by molar-refractivity contribution is -0.117. The van der Waals surface area contributed by atoms with E-state index in [1.165, 1.54) is 29.5 Å². The maximum absolute atomic E-state index is 13.3. The van der Waals surface area contributed by atoms with Gasteiger partial charge < -0.3 is 10.2 Å². The summed E-state index contributed by atoms with van der Waals surface area (Å²) in [6.45, 7) is 2.96. The van der Waals surface area contributed by atoms with Crippen molar-refractivity contribution in [3.05, 3.63) is 74.6 Å². The second-order valence-corrected chi connectivity index (χ2v) is 8.69. The molecule has 1 N–H and O–H groups in total. The molecular weight excluding hydrogens is 510 g/mol. The van der Waals surface area contributed by atoms with Gasteiger partial charge >= 0.3 is 0 Å². The van der Waals surface area contributed by atoms with Gasteiger partial charge in [0.2, 0.25) is 0 Å². The number of carbonyl (C=O) groups is 3. The molecular formula is C23H19BrClN5O3. The Balaban J connectivity index is 2.05. The smallest absolute Gasteiger partial charge is 0.272 e. The van der Waals surface area contributed by atoms with E-state index in [4.69, 9.17) is 11.6 Å². The number of pyridine rings is 1. The van der Waals surface area contributed by atoms with Crippen LogP contribution in [0.3, 0.4) is 0 Å². The van der Waals surface area contributed by atoms with Crippen LogP contribution in [0.15, 0.2) is 47.2 Å². The summed E-state index contributed by atoms with van der Waals surface area (Å²) in [6, 6.07) is 9.92. The van der Waals surface area contributed by atoms with Crippen LogP contribution < -0.4 is 5.32 Å². The summed E-state index contributed by atoms with van der Waals surface area (Å²) < 4.78 is 2.16. The predicted octanol–water partition coefficient (Wildman–Crippen LogP) is 4.38. The minimum atomic E-state index is -0.515. The first-order valence-corrected chi connectivity index (χ1v) is 10.9. The van der Waals surface area contributed by atoms with Crippen LogP contribution in [0, 0.1) is 18.3 Å². The van der Waals surface area contributed by atoms with Crippen LogP contribution in [-0.4, -0.2) is 45.6 Å². The van der Waals surface area contributed by atoms with Crippen molar-refractivity contribution < 1.29 is 14.4 Å². The summed E-state index contributed by atoms with van der Waals surface area (Å²) in [5.74, 6) is -0.841. The number of likely N-dealkylation sites (N-methyl/N-ethyl adjacent to an activating group) is 1. The highest BCUT2D eigenvalue weighted by molar-refractivity contribution is 9.10. The summed E-state index contributed by atoms with van der Waals surface area (Å²) in [6.07, 6.45) is 3.21. The van der Waals surface area contributed by atoms with Gasteiger partial charge in [0, 0.05) is 23.9 Å². The molecule has 2 aromatic heterocycles. The van der Waals surface area contributed by atoms with E-state index in [0.717, 1.165) is 0 Å². The Bertz CT molecular complexity index is 1310. The molecule has 2 amide bonds. The van der Waals surface area contributed by atoms with E-state index in [0.29, 0.717) is 20.9 Å². The zero-order valence-electron chi connectivity index (χ0n) is 18.0. The van der Waals surface area contributed by atoms with Gasteiger partial charge in [-0.25, -0.2) is 4.98 Å². The maximum Gasteiger partial charge on any atom is 0.272 e. The molecule has 3 rings (SSSR count).